The number of ether oxygens (including phenoxy) is 1. The molecule has 0 bridgehead atoms. The Morgan fingerprint density at radius 1 is 1.07 bits per heavy atom. The van der Waals surface area contributed by atoms with Gasteiger partial charge in [0.1, 0.15) is 5.75 Å². The zero-order chi connectivity index (χ0) is 19.5. The number of ketones is 1. The number of hydrogen-bond acceptors (Lipinski definition) is 4. The smallest absolute Gasteiger partial charge is 0.164 e. The lowest BCUT2D eigenvalue weighted by atomic mass is 9.97. The molecule has 1 fully saturated rings. The topological polar surface area (TPSA) is 37.7 Å². The molecule has 0 spiro atoms. The van der Waals surface area contributed by atoms with Crippen molar-refractivity contribution in [3.63, 3.8) is 0 Å². The minimum atomic E-state index is 0.315. The summed E-state index contributed by atoms with van der Waals surface area (Å²) in [6, 6.07) is 8.02. The molecular formula is C22H28ClN3O2. The number of benzene rings is 1. The van der Waals surface area contributed by atoms with E-state index in [0.29, 0.717) is 17.2 Å². The maximum Gasteiger partial charge on any atom is 0.164 e. The minimum Gasteiger partial charge on any atom is -0.495 e. The first-order chi connectivity index (χ1) is 13.7. The molecule has 1 aromatic carbocycles. The number of piperazine rings is 1. The van der Waals surface area contributed by atoms with Gasteiger partial charge in [-0.15, -0.1) is 0 Å². The Bertz CT molecular complexity index is 840. The van der Waals surface area contributed by atoms with Crippen LogP contribution in [0.1, 0.15) is 35.3 Å². The van der Waals surface area contributed by atoms with Gasteiger partial charge in [0.25, 0.3) is 0 Å². The maximum absolute atomic E-state index is 12.0. The lowest BCUT2D eigenvalue weighted by Gasteiger charge is -2.36. The number of fused-ring (bicyclic) bond motifs is 1. The van der Waals surface area contributed by atoms with Crippen molar-refractivity contribution in [3.05, 3.63) is 46.7 Å². The molecule has 2 aliphatic rings. The number of anilines is 1. The Morgan fingerprint density at radius 2 is 1.89 bits per heavy atom. The van der Waals surface area contributed by atoms with Crippen LogP contribution in [-0.2, 0) is 13.0 Å². The van der Waals surface area contributed by atoms with Gasteiger partial charge in [0.05, 0.1) is 12.1 Å². The van der Waals surface area contributed by atoms with Crippen LogP contribution in [0.3, 0.4) is 0 Å². The number of hydrogen-bond donors (Lipinski definition) is 0. The van der Waals surface area contributed by atoms with Crippen LogP contribution in [0.15, 0.2) is 30.5 Å². The van der Waals surface area contributed by atoms with Crippen molar-refractivity contribution in [1.82, 2.24) is 9.47 Å². The number of carbonyl (C=O) groups excluding carboxylic acids is 1. The second-order valence-electron chi connectivity index (χ2n) is 7.65. The lowest BCUT2D eigenvalue weighted by molar-refractivity contribution is 0.0971. The van der Waals surface area contributed by atoms with Gasteiger partial charge in [-0.05, 0) is 50.1 Å². The van der Waals surface area contributed by atoms with Crippen molar-refractivity contribution in [3.8, 4) is 5.75 Å². The summed E-state index contributed by atoms with van der Waals surface area (Å²) in [5, 5.41) is 0.663. The molecule has 0 amide bonds. The lowest BCUT2D eigenvalue weighted by Crippen LogP contribution is -2.46. The monoisotopic (exact) mass is 401 g/mol. The van der Waals surface area contributed by atoms with Crippen LogP contribution < -0.4 is 9.64 Å². The molecule has 2 heterocycles. The van der Waals surface area contributed by atoms with Crippen molar-refractivity contribution in [2.75, 3.05) is 44.7 Å². The maximum atomic E-state index is 12.0. The molecule has 0 atom stereocenters. The molecule has 4 rings (SSSR count). The largest absolute Gasteiger partial charge is 0.495 e. The molecule has 0 radical (unpaired) electrons. The highest BCUT2D eigenvalue weighted by molar-refractivity contribution is 6.32. The fourth-order valence-corrected chi connectivity index (χ4v) is 4.60. The van der Waals surface area contributed by atoms with Gasteiger partial charge in [-0.25, -0.2) is 0 Å². The first kappa shape index (κ1) is 19.3. The van der Waals surface area contributed by atoms with Crippen LogP contribution in [0, 0.1) is 0 Å². The summed E-state index contributed by atoms with van der Waals surface area (Å²) in [5.74, 6) is 1.03. The summed E-state index contributed by atoms with van der Waals surface area (Å²) in [4.78, 5) is 16.9. The zero-order valence-corrected chi connectivity index (χ0v) is 17.2. The Labute approximate surface area is 171 Å². The average Bonchev–Trinajstić information content (AvgIpc) is 3.13. The number of carbonyl (C=O) groups is 1. The van der Waals surface area contributed by atoms with Crippen LogP contribution in [0.4, 0.5) is 5.69 Å². The van der Waals surface area contributed by atoms with Crippen LogP contribution >= 0.6 is 11.6 Å². The third-order valence-corrected chi connectivity index (χ3v) is 6.24. The number of rotatable bonds is 6. The summed E-state index contributed by atoms with van der Waals surface area (Å²) >= 11 is 6.27. The van der Waals surface area contributed by atoms with E-state index in [1.807, 2.05) is 18.2 Å². The molecule has 1 aliphatic heterocycles. The summed E-state index contributed by atoms with van der Waals surface area (Å²) in [6.07, 6.45) is 5.95. The minimum absolute atomic E-state index is 0.315. The number of Topliss-reactive ketones (excluding diaryl/α,β-unsaturated/α-hetero) is 1. The summed E-state index contributed by atoms with van der Waals surface area (Å²) in [6.45, 7) is 6.24. The molecule has 0 N–H and O–H groups in total. The first-order valence-electron chi connectivity index (χ1n) is 10.2. The van der Waals surface area contributed by atoms with Crippen LogP contribution in [0.5, 0.6) is 5.75 Å². The summed E-state index contributed by atoms with van der Waals surface area (Å²) in [7, 11) is 1.64. The second kappa shape index (κ2) is 8.58. The highest BCUT2D eigenvalue weighted by Crippen LogP contribution is 2.29. The normalized spacial score (nSPS) is 17.6. The van der Waals surface area contributed by atoms with Gasteiger partial charge in [-0.1, -0.05) is 11.6 Å². The fourth-order valence-electron chi connectivity index (χ4n) is 4.34. The SMILES string of the molecule is COc1ccc(N2CCN(CCCn3ccc4c3CCCC4=O)CC2)cc1Cl. The van der Waals surface area contributed by atoms with E-state index in [-0.39, 0.29) is 0 Å². The van der Waals surface area contributed by atoms with E-state index in [1.165, 1.54) is 5.69 Å². The number of nitrogens with zero attached hydrogens (tertiary/aromatic N) is 3. The van der Waals surface area contributed by atoms with Gasteiger partial charge in [0, 0.05) is 62.3 Å². The van der Waals surface area contributed by atoms with E-state index in [4.69, 9.17) is 16.3 Å². The Hall–Kier alpha value is -1.98. The molecule has 5 nitrogen and oxygen atoms in total. The van der Waals surface area contributed by atoms with Crippen LogP contribution in [-0.4, -0.2) is 55.1 Å². The molecule has 1 saturated heterocycles. The van der Waals surface area contributed by atoms with E-state index < -0.39 is 0 Å². The van der Waals surface area contributed by atoms with E-state index in [2.05, 4.69) is 26.6 Å². The number of methoxy groups -OCH3 is 1. The van der Waals surface area contributed by atoms with Crippen molar-refractivity contribution >= 4 is 23.1 Å². The van der Waals surface area contributed by atoms with Crippen molar-refractivity contribution in [2.45, 2.75) is 32.2 Å². The zero-order valence-electron chi connectivity index (χ0n) is 16.5. The highest BCUT2D eigenvalue weighted by atomic mass is 35.5. The van der Waals surface area contributed by atoms with Crippen LogP contribution in [0.25, 0.3) is 0 Å². The molecular weight excluding hydrogens is 374 g/mol. The number of halogens is 1. The number of aromatic nitrogens is 1. The second-order valence-corrected chi connectivity index (χ2v) is 8.05. The molecule has 1 aliphatic carbocycles. The molecule has 0 saturated carbocycles. The van der Waals surface area contributed by atoms with Gasteiger partial charge in [0.15, 0.2) is 5.78 Å². The standard InChI is InChI=1S/C22H28ClN3O2/c1-28-22-7-6-17(16-19(22)23)25-14-12-24(13-15-25)9-3-10-26-11-8-18-20(26)4-2-5-21(18)27/h6-8,11,16H,2-5,9-10,12-15H2,1H3. The van der Waals surface area contributed by atoms with Crippen molar-refractivity contribution < 1.29 is 9.53 Å². The quantitative estimate of drug-likeness (QED) is 0.736. The Morgan fingerprint density at radius 3 is 2.64 bits per heavy atom. The first-order valence-corrected chi connectivity index (χ1v) is 10.6. The highest BCUT2D eigenvalue weighted by Gasteiger charge is 2.21. The van der Waals surface area contributed by atoms with Gasteiger partial charge >= 0.3 is 0 Å². The summed E-state index contributed by atoms with van der Waals surface area (Å²) in [5.41, 5.74) is 3.37. The number of aryl methyl sites for hydroxylation is 1. The fraction of sp³-hybridized carbons (Fsp3) is 0.500. The van der Waals surface area contributed by atoms with E-state index in [9.17, 15) is 4.79 Å². The van der Waals surface area contributed by atoms with E-state index >= 15 is 0 Å². The molecule has 2 aromatic rings. The Kier molecular flexibility index (Phi) is 5.93. The molecule has 6 heteroatoms. The average molecular weight is 402 g/mol. The molecule has 0 unspecified atom stereocenters. The summed E-state index contributed by atoms with van der Waals surface area (Å²) < 4.78 is 7.53. The van der Waals surface area contributed by atoms with Crippen molar-refractivity contribution in [1.29, 1.82) is 0 Å². The molecule has 28 heavy (non-hydrogen) atoms. The molecule has 150 valence electrons. The van der Waals surface area contributed by atoms with E-state index in [0.717, 1.165) is 75.5 Å². The van der Waals surface area contributed by atoms with Gasteiger partial charge in [-0.3, -0.25) is 9.69 Å². The van der Waals surface area contributed by atoms with Gasteiger partial charge in [-0.2, -0.15) is 0 Å². The Balaban J connectivity index is 1.25. The third-order valence-electron chi connectivity index (χ3n) is 5.94. The van der Waals surface area contributed by atoms with Crippen molar-refractivity contribution in [2.24, 2.45) is 0 Å². The predicted octanol–water partition coefficient (Wildman–Crippen LogP) is 3.88. The third kappa shape index (κ3) is 4.06. The van der Waals surface area contributed by atoms with E-state index in [1.54, 1.807) is 7.11 Å². The van der Waals surface area contributed by atoms with Crippen LogP contribution in [0.2, 0.25) is 5.02 Å². The molecule has 1 aromatic heterocycles. The van der Waals surface area contributed by atoms with Gasteiger partial charge in [0.2, 0.25) is 0 Å². The predicted molar refractivity (Wildman–Crippen MR) is 113 cm³/mol. The van der Waals surface area contributed by atoms with Gasteiger partial charge < -0.3 is 14.2 Å².